The van der Waals surface area contributed by atoms with Crippen LogP contribution in [-0.2, 0) is 29.1 Å². The van der Waals surface area contributed by atoms with Gasteiger partial charge in [-0.1, -0.05) is 36.9 Å². The Labute approximate surface area is 219 Å². The Kier molecular flexibility index (Phi) is 9.61. The molecule has 11 nitrogen and oxygen atoms in total. The van der Waals surface area contributed by atoms with E-state index in [1.807, 2.05) is 35.8 Å². The largest absolute Gasteiger partial charge is 0.481 e. The summed E-state index contributed by atoms with van der Waals surface area (Å²) in [5.74, 6) is 0.585. The first-order valence-corrected chi connectivity index (χ1v) is 12.8. The zero-order valence-corrected chi connectivity index (χ0v) is 22.0. The van der Waals surface area contributed by atoms with Crippen molar-refractivity contribution in [3.8, 4) is 5.75 Å². The number of ether oxygens (including phenoxy) is 1. The van der Waals surface area contributed by atoms with Crippen LogP contribution in [0.5, 0.6) is 5.75 Å². The number of carbonyl (C=O) groups is 2. The van der Waals surface area contributed by atoms with E-state index in [9.17, 15) is 19.7 Å². The van der Waals surface area contributed by atoms with Crippen molar-refractivity contribution in [1.29, 1.82) is 0 Å². The molecule has 37 heavy (non-hydrogen) atoms. The summed E-state index contributed by atoms with van der Waals surface area (Å²) in [6, 6.07) is 12.2. The lowest BCUT2D eigenvalue weighted by Crippen LogP contribution is -2.36. The van der Waals surface area contributed by atoms with Gasteiger partial charge in [0.25, 0.3) is 11.6 Å². The van der Waals surface area contributed by atoms with Crippen LogP contribution in [0, 0.1) is 17.0 Å². The number of carbonyl (C=O) groups excluding carboxylic acids is 2. The molecule has 0 aliphatic rings. The monoisotopic (exact) mass is 526 g/mol. The second-order valence-electron chi connectivity index (χ2n) is 8.21. The number of nitrogens with one attached hydrogen (secondary N) is 2. The molecule has 2 N–H and O–H groups in total. The number of aryl methyl sites for hydroxylation is 2. The molecule has 0 radical (unpaired) electrons. The lowest BCUT2D eigenvalue weighted by atomic mass is 10.2. The highest BCUT2D eigenvalue weighted by atomic mass is 32.2. The molecule has 0 aliphatic heterocycles. The zero-order valence-electron chi connectivity index (χ0n) is 21.2. The van der Waals surface area contributed by atoms with Gasteiger partial charge in [0, 0.05) is 23.9 Å². The summed E-state index contributed by atoms with van der Waals surface area (Å²) < 4.78 is 7.54. The molecule has 1 heterocycles. The fraction of sp³-hybridized carbons (Fsp3) is 0.360. The van der Waals surface area contributed by atoms with E-state index in [0.29, 0.717) is 34.5 Å². The number of nitrogens with zero attached hydrogens (tertiary/aromatic N) is 4. The van der Waals surface area contributed by atoms with E-state index in [1.54, 1.807) is 26.0 Å². The maximum absolute atomic E-state index is 12.5. The fourth-order valence-corrected chi connectivity index (χ4v) is 4.28. The van der Waals surface area contributed by atoms with Gasteiger partial charge in [0.05, 0.1) is 17.2 Å². The summed E-state index contributed by atoms with van der Waals surface area (Å²) in [7, 11) is 0. The van der Waals surface area contributed by atoms with Crippen molar-refractivity contribution in [3.05, 3.63) is 69.5 Å². The second-order valence-corrected chi connectivity index (χ2v) is 9.16. The van der Waals surface area contributed by atoms with Crippen molar-refractivity contribution in [2.45, 2.75) is 58.5 Å². The first kappa shape index (κ1) is 27.7. The minimum absolute atomic E-state index is 0.0356. The van der Waals surface area contributed by atoms with Crippen molar-refractivity contribution in [2.24, 2.45) is 0 Å². The van der Waals surface area contributed by atoms with Crippen molar-refractivity contribution in [2.75, 3.05) is 11.1 Å². The summed E-state index contributed by atoms with van der Waals surface area (Å²) in [5.41, 5.74) is 1.99. The smallest absolute Gasteiger partial charge is 0.274 e. The molecule has 3 aromatic rings. The van der Waals surface area contributed by atoms with Crippen LogP contribution in [0.2, 0.25) is 0 Å². The van der Waals surface area contributed by atoms with Crippen LogP contribution in [0.15, 0.2) is 47.6 Å². The van der Waals surface area contributed by atoms with Gasteiger partial charge in [-0.2, -0.15) is 0 Å². The number of rotatable bonds is 12. The number of hydrogen-bond donors (Lipinski definition) is 2. The Balaban J connectivity index is 1.52. The summed E-state index contributed by atoms with van der Waals surface area (Å²) >= 11 is 1.18. The molecular weight excluding hydrogens is 496 g/mol. The third-order valence-corrected chi connectivity index (χ3v) is 6.53. The summed E-state index contributed by atoms with van der Waals surface area (Å²) in [4.78, 5) is 35.6. The quantitative estimate of drug-likeness (QED) is 0.206. The molecule has 196 valence electrons. The van der Waals surface area contributed by atoms with Gasteiger partial charge in [0.1, 0.15) is 5.75 Å². The average Bonchev–Trinajstić information content (AvgIpc) is 3.29. The highest BCUT2D eigenvalue weighted by molar-refractivity contribution is 7.99. The Bertz CT molecular complexity index is 1260. The van der Waals surface area contributed by atoms with Crippen LogP contribution in [0.3, 0.4) is 0 Å². The van der Waals surface area contributed by atoms with E-state index >= 15 is 0 Å². The van der Waals surface area contributed by atoms with Crippen LogP contribution in [0.1, 0.15) is 37.7 Å². The standard InChI is InChI=1S/C25H30N6O5S/c1-5-18-8-11-20(12-9-18)36-17(4)24(33)26-14-22-28-29-25(30(22)6-2)37-15-23(32)27-19-10-7-16(3)21(13-19)31(34)35/h7-13,17H,5-6,14-15H2,1-4H3,(H,26,33)(H,27,32)/t17-/m0/s1. The molecule has 0 spiro atoms. The third kappa shape index (κ3) is 7.53. The number of hydrogen-bond acceptors (Lipinski definition) is 8. The van der Waals surface area contributed by atoms with E-state index in [1.165, 1.54) is 23.4 Å². The summed E-state index contributed by atoms with van der Waals surface area (Å²) in [5, 5.41) is 25.4. The zero-order chi connectivity index (χ0) is 26.9. The molecule has 2 amide bonds. The van der Waals surface area contributed by atoms with E-state index in [-0.39, 0.29) is 29.8 Å². The van der Waals surface area contributed by atoms with Crippen LogP contribution in [-0.4, -0.2) is 43.4 Å². The van der Waals surface area contributed by atoms with Gasteiger partial charge in [0.2, 0.25) is 5.91 Å². The van der Waals surface area contributed by atoms with Crippen molar-refractivity contribution in [1.82, 2.24) is 20.1 Å². The first-order chi connectivity index (χ1) is 17.7. The molecule has 0 bridgehead atoms. The Morgan fingerprint density at radius 3 is 2.54 bits per heavy atom. The minimum atomic E-state index is -0.694. The predicted octanol–water partition coefficient (Wildman–Crippen LogP) is 3.89. The number of nitro groups is 1. The topological polar surface area (TPSA) is 141 Å². The second kappa shape index (κ2) is 12.9. The highest BCUT2D eigenvalue weighted by Gasteiger charge is 2.18. The Hall–Kier alpha value is -3.93. The van der Waals surface area contributed by atoms with Crippen LogP contribution < -0.4 is 15.4 Å². The Morgan fingerprint density at radius 2 is 1.89 bits per heavy atom. The number of thioether (sulfide) groups is 1. The molecule has 3 rings (SSSR count). The average molecular weight is 527 g/mol. The van der Waals surface area contributed by atoms with E-state index in [0.717, 1.165) is 6.42 Å². The van der Waals surface area contributed by atoms with Gasteiger partial charge >= 0.3 is 0 Å². The Morgan fingerprint density at radius 1 is 1.16 bits per heavy atom. The van der Waals surface area contributed by atoms with Crippen LogP contribution >= 0.6 is 11.8 Å². The number of amides is 2. The van der Waals surface area contributed by atoms with Crippen molar-refractivity contribution < 1.29 is 19.2 Å². The maximum Gasteiger partial charge on any atom is 0.274 e. The van der Waals surface area contributed by atoms with Gasteiger partial charge < -0.3 is 19.9 Å². The summed E-state index contributed by atoms with van der Waals surface area (Å²) in [6.07, 6.45) is 0.234. The van der Waals surface area contributed by atoms with E-state index in [2.05, 4.69) is 27.8 Å². The minimum Gasteiger partial charge on any atom is -0.481 e. The van der Waals surface area contributed by atoms with Gasteiger partial charge in [-0.3, -0.25) is 19.7 Å². The summed E-state index contributed by atoms with van der Waals surface area (Å²) in [6.45, 7) is 7.99. The molecule has 0 saturated carbocycles. The van der Waals surface area contributed by atoms with Gasteiger partial charge in [-0.25, -0.2) is 0 Å². The molecule has 1 atom stereocenters. The normalized spacial score (nSPS) is 11.6. The third-order valence-electron chi connectivity index (χ3n) is 5.57. The number of benzene rings is 2. The molecule has 0 aliphatic carbocycles. The van der Waals surface area contributed by atoms with Crippen molar-refractivity contribution in [3.63, 3.8) is 0 Å². The molecule has 0 unspecified atom stereocenters. The van der Waals surface area contributed by atoms with Crippen LogP contribution in [0.4, 0.5) is 11.4 Å². The van der Waals surface area contributed by atoms with Crippen molar-refractivity contribution >= 4 is 35.0 Å². The molecule has 0 saturated heterocycles. The van der Waals surface area contributed by atoms with Crippen LogP contribution in [0.25, 0.3) is 0 Å². The van der Waals surface area contributed by atoms with Gasteiger partial charge in [0.15, 0.2) is 17.1 Å². The fourth-order valence-electron chi connectivity index (χ4n) is 3.46. The van der Waals surface area contributed by atoms with E-state index in [4.69, 9.17) is 4.74 Å². The lowest BCUT2D eigenvalue weighted by Gasteiger charge is -2.15. The predicted molar refractivity (Wildman–Crippen MR) is 141 cm³/mol. The molecule has 0 fully saturated rings. The van der Waals surface area contributed by atoms with E-state index < -0.39 is 11.0 Å². The highest BCUT2D eigenvalue weighted by Crippen LogP contribution is 2.23. The molecular formula is C25H30N6O5S. The number of aromatic nitrogens is 3. The SMILES string of the molecule is CCc1ccc(O[C@@H](C)C(=O)NCc2nnc(SCC(=O)Nc3ccc(C)c([N+](=O)[O-])c3)n2CC)cc1. The molecule has 2 aromatic carbocycles. The molecule has 12 heteroatoms. The molecule has 1 aromatic heterocycles. The lowest BCUT2D eigenvalue weighted by molar-refractivity contribution is -0.385. The number of nitro benzene ring substituents is 1. The first-order valence-electron chi connectivity index (χ1n) is 11.8. The number of anilines is 1. The maximum atomic E-state index is 12.5. The van der Waals surface area contributed by atoms with Gasteiger partial charge in [-0.05, 0) is 51.0 Å². The van der Waals surface area contributed by atoms with Gasteiger partial charge in [-0.15, -0.1) is 10.2 Å².